The molecular formula is C9H7N3S. The third-order valence-electron chi connectivity index (χ3n) is 1.87. The molecule has 0 bridgehead atoms. The summed E-state index contributed by atoms with van der Waals surface area (Å²) in [7, 11) is 0. The highest BCUT2D eigenvalue weighted by molar-refractivity contribution is 7.16. The fraction of sp³-hybridized carbons (Fsp3) is 0.111. The van der Waals surface area contributed by atoms with Crippen molar-refractivity contribution in [2.24, 2.45) is 5.73 Å². The highest BCUT2D eigenvalue weighted by Gasteiger charge is 2.09. The molecule has 1 heterocycles. The first-order chi connectivity index (χ1) is 6.33. The van der Waals surface area contributed by atoms with Gasteiger partial charge in [-0.3, -0.25) is 0 Å². The Morgan fingerprint density at radius 1 is 1.54 bits per heavy atom. The van der Waals surface area contributed by atoms with E-state index in [0.717, 1.165) is 15.8 Å². The second-order valence-corrected chi connectivity index (χ2v) is 3.54. The molecule has 2 rings (SSSR count). The van der Waals surface area contributed by atoms with Crippen LogP contribution in [0.2, 0.25) is 0 Å². The minimum Gasteiger partial charge on any atom is -0.312 e. The average molecular weight is 189 g/mol. The molecule has 0 aliphatic carbocycles. The molecule has 0 aliphatic rings. The lowest BCUT2D eigenvalue weighted by atomic mass is 10.1. The van der Waals surface area contributed by atoms with Gasteiger partial charge >= 0.3 is 0 Å². The molecule has 0 radical (unpaired) electrons. The average Bonchev–Trinajstić information content (AvgIpc) is 2.63. The lowest BCUT2D eigenvalue weighted by Gasteiger charge is -2.02. The Kier molecular flexibility index (Phi) is 1.97. The Balaban J connectivity index is 2.69. The van der Waals surface area contributed by atoms with E-state index in [1.165, 1.54) is 0 Å². The first-order valence-electron chi connectivity index (χ1n) is 3.80. The number of rotatable bonds is 1. The molecule has 1 aromatic heterocycles. The predicted molar refractivity (Wildman–Crippen MR) is 52.2 cm³/mol. The van der Waals surface area contributed by atoms with Crippen molar-refractivity contribution < 1.29 is 0 Å². The molecule has 0 fully saturated rings. The van der Waals surface area contributed by atoms with Crippen LogP contribution in [-0.4, -0.2) is 4.98 Å². The standard InChI is InChI=1S/C9H7N3S/c10-4-7(11)6-2-1-3-8-9(6)12-5-13-8/h1-3,5,7H,11H2. The topological polar surface area (TPSA) is 62.7 Å². The third kappa shape index (κ3) is 1.28. The SMILES string of the molecule is N#CC(N)c1cccc2scnc12. The molecule has 1 aromatic carbocycles. The number of hydrogen-bond donors (Lipinski definition) is 1. The van der Waals surface area contributed by atoms with Gasteiger partial charge in [0.1, 0.15) is 6.04 Å². The van der Waals surface area contributed by atoms with Gasteiger partial charge in [0.15, 0.2) is 0 Å². The number of nitrogens with zero attached hydrogens (tertiary/aromatic N) is 2. The van der Waals surface area contributed by atoms with E-state index in [9.17, 15) is 0 Å². The number of nitrogens with two attached hydrogens (primary N) is 1. The van der Waals surface area contributed by atoms with Crippen molar-refractivity contribution >= 4 is 21.6 Å². The summed E-state index contributed by atoms with van der Waals surface area (Å²) in [6.45, 7) is 0. The zero-order chi connectivity index (χ0) is 9.26. The Hall–Kier alpha value is -1.44. The van der Waals surface area contributed by atoms with E-state index in [1.54, 1.807) is 16.8 Å². The molecule has 0 saturated heterocycles. The summed E-state index contributed by atoms with van der Waals surface area (Å²) in [6.07, 6.45) is 0. The zero-order valence-electron chi connectivity index (χ0n) is 6.77. The highest BCUT2D eigenvalue weighted by atomic mass is 32.1. The first kappa shape index (κ1) is 8.17. The van der Waals surface area contributed by atoms with Gasteiger partial charge in [0.2, 0.25) is 0 Å². The van der Waals surface area contributed by atoms with E-state index < -0.39 is 6.04 Å². The monoisotopic (exact) mass is 189 g/mol. The maximum Gasteiger partial charge on any atom is 0.121 e. The van der Waals surface area contributed by atoms with Gasteiger partial charge in [0, 0.05) is 5.56 Å². The summed E-state index contributed by atoms with van der Waals surface area (Å²) in [5.74, 6) is 0. The minimum atomic E-state index is -0.578. The van der Waals surface area contributed by atoms with Gasteiger partial charge in [-0.2, -0.15) is 5.26 Å². The van der Waals surface area contributed by atoms with E-state index in [2.05, 4.69) is 4.98 Å². The molecule has 0 saturated carbocycles. The van der Waals surface area contributed by atoms with Gasteiger partial charge in [0.25, 0.3) is 0 Å². The number of benzene rings is 1. The highest BCUT2D eigenvalue weighted by Crippen LogP contribution is 2.24. The van der Waals surface area contributed by atoms with Crippen molar-refractivity contribution in [2.45, 2.75) is 6.04 Å². The van der Waals surface area contributed by atoms with Gasteiger partial charge in [-0.05, 0) is 6.07 Å². The Morgan fingerprint density at radius 3 is 3.15 bits per heavy atom. The van der Waals surface area contributed by atoms with Crippen molar-refractivity contribution in [3.63, 3.8) is 0 Å². The molecule has 13 heavy (non-hydrogen) atoms. The largest absolute Gasteiger partial charge is 0.312 e. The number of nitriles is 1. The molecule has 0 aliphatic heterocycles. The van der Waals surface area contributed by atoms with Crippen molar-refractivity contribution in [1.29, 1.82) is 5.26 Å². The van der Waals surface area contributed by atoms with Gasteiger partial charge < -0.3 is 5.73 Å². The van der Waals surface area contributed by atoms with Gasteiger partial charge in [-0.15, -0.1) is 11.3 Å². The lowest BCUT2D eigenvalue weighted by Crippen LogP contribution is -2.07. The van der Waals surface area contributed by atoms with Crippen LogP contribution >= 0.6 is 11.3 Å². The van der Waals surface area contributed by atoms with Crippen LogP contribution in [0, 0.1) is 11.3 Å². The van der Waals surface area contributed by atoms with E-state index in [0.29, 0.717) is 0 Å². The number of fused-ring (bicyclic) bond motifs is 1. The lowest BCUT2D eigenvalue weighted by molar-refractivity contribution is 0.933. The molecule has 4 heteroatoms. The van der Waals surface area contributed by atoms with Crippen molar-refractivity contribution in [3.8, 4) is 6.07 Å². The fourth-order valence-corrected chi connectivity index (χ4v) is 1.94. The molecule has 0 amide bonds. The van der Waals surface area contributed by atoms with Crippen LogP contribution in [0.3, 0.4) is 0 Å². The van der Waals surface area contributed by atoms with Gasteiger partial charge in [0.05, 0.1) is 21.8 Å². The van der Waals surface area contributed by atoms with E-state index in [4.69, 9.17) is 11.0 Å². The summed E-state index contributed by atoms with van der Waals surface area (Å²) in [5, 5.41) is 8.69. The van der Waals surface area contributed by atoms with Gasteiger partial charge in [-0.25, -0.2) is 4.98 Å². The Labute approximate surface area is 79.4 Å². The van der Waals surface area contributed by atoms with Crippen LogP contribution in [0.15, 0.2) is 23.7 Å². The zero-order valence-corrected chi connectivity index (χ0v) is 7.58. The molecule has 1 atom stereocenters. The molecule has 1 unspecified atom stereocenters. The Morgan fingerprint density at radius 2 is 2.38 bits per heavy atom. The van der Waals surface area contributed by atoms with Crippen LogP contribution in [0.5, 0.6) is 0 Å². The molecule has 3 nitrogen and oxygen atoms in total. The van der Waals surface area contributed by atoms with Gasteiger partial charge in [-0.1, -0.05) is 12.1 Å². The minimum absolute atomic E-state index is 0.578. The first-order valence-corrected chi connectivity index (χ1v) is 4.68. The van der Waals surface area contributed by atoms with Crippen molar-refractivity contribution in [1.82, 2.24) is 4.98 Å². The van der Waals surface area contributed by atoms with Crippen LogP contribution < -0.4 is 5.73 Å². The molecular weight excluding hydrogens is 182 g/mol. The van der Waals surface area contributed by atoms with Crippen LogP contribution in [0.25, 0.3) is 10.2 Å². The quantitative estimate of drug-likeness (QED) is 0.744. The molecule has 0 spiro atoms. The van der Waals surface area contributed by atoms with Crippen molar-refractivity contribution in [3.05, 3.63) is 29.3 Å². The summed E-state index contributed by atoms with van der Waals surface area (Å²) >= 11 is 1.55. The maximum atomic E-state index is 8.69. The normalized spacial score (nSPS) is 12.6. The molecule has 2 N–H and O–H groups in total. The van der Waals surface area contributed by atoms with E-state index in [1.807, 2.05) is 24.3 Å². The second-order valence-electron chi connectivity index (χ2n) is 2.65. The Bertz CT molecular complexity index is 469. The number of para-hydroxylation sites is 1. The number of thiazole rings is 1. The fourth-order valence-electron chi connectivity index (χ4n) is 1.23. The van der Waals surface area contributed by atoms with Crippen LogP contribution in [-0.2, 0) is 0 Å². The van der Waals surface area contributed by atoms with Crippen LogP contribution in [0.1, 0.15) is 11.6 Å². The summed E-state index contributed by atoms with van der Waals surface area (Å²) in [5.41, 5.74) is 9.04. The summed E-state index contributed by atoms with van der Waals surface area (Å²) in [6, 6.07) is 7.14. The molecule has 64 valence electrons. The van der Waals surface area contributed by atoms with Crippen molar-refractivity contribution in [2.75, 3.05) is 0 Å². The molecule has 2 aromatic rings. The third-order valence-corrected chi connectivity index (χ3v) is 2.66. The number of hydrogen-bond acceptors (Lipinski definition) is 4. The van der Waals surface area contributed by atoms with E-state index >= 15 is 0 Å². The summed E-state index contributed by atoms with van der Waals surface area (Å²) < 4.78 is 1.07. The van der Waals surface area contributed by atoms with E-state index in [-0.39, 0.29) is 0 Å². The number of aromatic nitrogens is 1. The smallest absolute Gasteiger partial charge is 0.121 e. The second kappa shape index (κ2) is 3.13. The van der Waals surface area contributed by atoms with Crippen LogP contribution in [0.4, 0.5) is 0 Å². The summed E-state index contributed by atoms with van der Waals surface area (Å²) in [4.78, 5) is 4.18. The predicted octanol–water partition coefficient (Wildman–Crippen LogP) is 1.82. The maximum absolute atomic E-state index is 8.69.